The highest BCUT2D eigenvalue weighted by atomic mass is 19.3. The maximum Gasteiger partial charge on any atom is 0.264 e. The molecule has 0 amide bonds. The predicted molar refractivity (Wildman–Crippen MR) is 62.0 cm³/mol. The highest BCUT2D eigenvalue weighted by Gasteiger charge is 2.17. The van der Waals surface area contributed by atoms with Crippen LogP contribution in [-0.4, -0.2) is 14.2 Å². The van der Waals surface area contributed by atoms with E-state index >= 15 is 0 Å². The number of methoxy groups -OCH3 is 2. The molecule has 0 N–H and O–H groups in total. The van der Waals surface area contributed by atoms with Crippen LogP contribution in [0.4, 0.5) is 8.78 Å². The molecule has 0 aliphatic carbocycles. The van der Waals surface area contributed by atoms with Crippen molar-refractivity contribution in [3.05, 3.63) is 35.9 Å². The molecule has 0 atom stereocenters. The summed E-state index contributed by atoms with van der Waals surface area (Å²) in [7, 11) is 2.97. The quantitative estimate of drug-likeness (QED) is 0.809. The minimum atomic E-state index is -2.54. The monoisotopic (exact) mass is 238 g/mol. The number of alkyl halides is 2. The zero-order chi connectivity index (χ0) is 12.4. The third kappa shape index (κ3) is 1.90. The second-order valence-corrected chi connectivity index (χ2v) is 3.54. The van der Waals surface area contributed by atoms with Gasteiger partial charge >= 0.3 is 0 Å². The third-order valence-electron chi connectivity index (χ3n) is 2.67. The van der Waals surface area contributed by atoms with Gasteiger partial charge in [0, 0.05) is 16.3 Å². The van der Waals surface area contributed by atoms with E-state index in [2.05, 4.69) is 0 Å². The van der Waals surface area contributed by atoms with Crippen molar-refractivity contribution in [1.29, 1.82) is 0 Å². The Morgan fingerprint density at radius 3 is 2.24 bits per heavy atom. The standard InChI is InChI=1S/C13H12F2O2/c1-16-10-7-6-9(13(14)15)12-8(10)4-3-5-11(12)17-2/h3-7,13H,1-2H3. The summed E-state index contributed by atoms with van der Waals surface area (Å²) in [4.78, 5) is 0. The average molecular weight is 238 g/mol. The largest absolute Gasteiger partial charge is 0.496 e. The first-order chi connectivity index (χ1) is 8.19. The number of ether oxygens (including phenoxy) is 2. The Kier molecular flexibility index (Phi) is 3.13. The van der Waals surface area contributed by atoms with Gasteiger partial charge in [-0.3, -0.25) is 0 Å². The van der Waals surface area contributed by atoms with Crippen LogP contribution in [0.25, 0.3) is 10.8 Å². The topological polar surface area (TPSA) is 18.5 Å². The van der Waals surface area contributed by atoms with E-state index in [9.17, 15) is 8.78 Å². The van der Waals surface area contributed by atoms with Crippen molar-refractivity contribution < 1.29 is 18.3 Å². The first kappa shape index (κ1) is 11.6. The highest BCUT2D eigenvalue weighted by Crippen LogP contribution is 2.38. The molecule has 0 radical (unpaired) electrons. The Hall–Kier alpha value is -1.84. The molecule has 90 valence electrons. The van der Waals surface area contributed by atoms with Crippen LogP contribution >= 0.6 is 0 Å². The van der Waals surface area contributed by atoms with Crippen LogP contribution in [0, 0.1) is 0 Å². The summed E-state index contributed by atoms with van der Waals surface area (Å²) >= 11 is 0. The van der Waals surface area contributed by atoms with Crippen LogP contribution in [0.1, 0.15) is 12.0 Å². The van der Waals surface area contributed by atoms with Crippen molar-refractivity contribution in [3.63, 3.8) is 0 Å². The van der Waals surface area contributed by atoms with Gasteiger partial charge in [0.1, 0.15) is 11.5 Å². The highest BCUT2D eigenvalue weighted by molar-refractivity contribution is 5.96. The molecule has 2 aromatic rings. The van der Waals surface area contributed by atoms with E-state index in [-0.39, 0.29) is 5.56 Å². The first-order valence-electron chi connectivity index (χ1n) is 5.10. The smallest absolute Gasteiger partial charge is 0.264 e. The summed E-state index contributed by atoms with van der Waals surface area (Å²) in [5.41, 5.74) is -0.0433. The summed E-state index contributed by atoms with van der Waals surface area (Å²) in [5, 5.41) is 1.04. The fourth-order valence-electron chi connectivity index (χ4n) is 1.90. The lowest BCUT2D eigenvalue weighted by molar-refractivity contribution is 0.153. The fraction of sp³-hybridized carbons (Fsp3) is 0.231. The van der Waals surface area contributed by atoms with Gasteiger partial charge in [-0.25, -0.2) is 8.78 Å². The summed E-state index contributed by atoms with van der Waals surface area (Å²) < 4.78 is 36.2. The number of rotatable bonds is 3. The van der Waals surface area contributed by atoms with Crippen LogP contribution in [-0.2, 0) is 0 Å². The van der Waals surface area contributed by atoms with Gasteiger partial charge in [-0.05, 0) is 18.2 Å². The van der Waals surface area contributed by atoms with Gasteiger partial charge in [-0.2, -0.15) is 0 Å². The molecule has 0 unspecified atom stereocenters. The van der Waals surface area contributed by atoms with E-state index < -0.39 is 6.43 Å². The Bertz CT molecular complexity index is 538. The van der Waals surface area contributed by atoms with Gasteiger partial charge in [-0.15, -0.1) is 0 Å². The maximum absolute atomic E-state index is 13.0. The van der Waals surface area contributed by atoms with Crippen LogP contribution in [0.5, 0.6) is 11.5 Å². The van der Waals surface area contributed by atoms with Crippen LogP contribution in [0.3, 0.4) is 0 Å². The van der Waals surface area contributed by atoms with Crippen molar-refractivity contribution in [2.75, 3.05) is 14.2 Å². The summed E-state index contributed by atoms with van der Waals surface area (Å²) in [6, 6.07) is 8.06. The lowest BCUT2D eigenvalue weighted by Gasteiger charge is -2.13. The third-order valence-corrected chi connectivity index (χ3v) is 2.67. The number of benzene rings is 2. The van der Waals surface area contributed by atoms with E-state index in [4.69, 9.17) is 9.47 Å². The van der Waals surface area contributed by atoms with Gasteiger partial charge in [0.15, 0.2) is 0 Å². The summed E-state index contributed by atoms with van der Waals surface area (Å²) in [6.07, 6.45) is -2.54. The van der Waals surface area contributed by atoms with Crippen molar-refractivity contribution in [2.45, 2.75) is 6.43 Å². The molecular weight excluding hydrogens is 226 g/mol. The van der Waals surface area contributed by atoms with Gasteiger partial charge < -0.3 is 9.47 Å². The van der Waals surface area contributed by atoms with Crippen molar-refractivity contribution >= 4 is 10.8 Å². The number of halogens is 2. The van der Waals surface area contributed by atoms with Gasteiger partial charge in [0.25, 0.3) is 6.43 Å². The molecule has 0 aromatic heterocycles. The van der Waals surface area contributed by atoms with Crippen molar-refractivity contribution in [1.82, 2.24) is 0 Å². The molecule has 0 heterocycles. The Labute approximate surface area is 97.8 Å². The molecule has 0 aliphatic heterocycles. The van der Waals surface area contributed by atoms with E-state index in [1.165, 1.54) is 20.3 Å². The van der Waals surface area contributed by atoms with E-state index in [1.54, 1.807) is 24.3 Å². The van der Waals surface area contributed by atoms with Crippen LogP contribution in [0.2, 0.25) is 0 Å². The molecule has 0 aliphatic rings. The second-order valence-electron chi connectivity index (χ2n) is 3.54. The second kappa shape index (κ2) is 4.57. The van der Waals surface area contributed by atoms with E-state index in [0.29, 0.717) is 22.3 Å². The SMILES string of the molecule is COc1ccc(C(F)F)c2c(OC)cccc12. The maximum atomic E-state index is 13.0. The lowest BCUT2D eigenvalue weighted by Crippen LogP contribution is -1.94. The number of hydrogen-bond acceptors (Lipinski definition) is 2. The number of fused-ring (bicyclic) bond motifs is 1. The van der Waals surface area contributed by atoms with Gasteiger partial charge in [-0.1, -0.05) is 12.1 Å². The molecule has 2 aromatic carbocycles. The zero-order valence-electron chi connectivity index (χ0n) is 9.54. The molecule has 0 saturated heterocycles. The van der Waals surface area contributed by atoms with Crippen molar-refractivity contribution in [3.8, 4) is 11.5 Å². The Morgan fingerprint density at radius 2 is 1.65 bits per heavy atom. The molecule has 0 bridgehead atoms. The zero-order valence-corrected chi connectivity index (χ0v) is 9.54. The van der Waals surface area contributed by atoms with E-state index in [0.717, 1.165) is 0 Å². The predicted octanol–water partition coefficient (Wildman–Crippen LogP) is 3.79. The molecule has 2 rings (SSSR count). The average Bonchev–Trinajstić information content (AvgIpc) is 2.36. The molecule has 2 nitrogen and oxygen atoms in total. The molecule has 0 fully saturated rings. The van der Waals surface area contributed by atoms with Crippen LogP contribution < -0.4 is 9.47 Å². The minimum Gasteiger partial charge on any atom is -0.496 e. The van der Waals surface area contributed by atoms with Crippen LogP contribution in [0.15, 0.2) is 30.3 Å². The minimum absolute atomic E-state index is 0.0433. The molecular formula is C13H12F2O2. The first-order valence-corrected chi connectivity index (χ1v) is 5.10. The fourth-order valence-corrected chi connectivity index (χ4v) is 1.90. The summed E-state index contributed by atoms with van der Waals surface area (Å²) in [5.74, 6) is 0.986. The van der Waals surface area contributed by atoms with E-state index in [1.807, 2.05) is 0 Å². The lowest BCUT2D eigenvalue weighted by atomic mass is 10.0. The normalized spacial score (nSPS) is 10.9. The Balaban J connectivity index is 2.85. The molecule has 17 heavy (non-hydrogen) atoms. The Morgan fingerprint density at radius 1 is 0.941 bits per heavy atom. The molecule has 0 spiro atoms. The van der Waals surface area contributed by atoms with Gasteiger partial charge in [0.2, 0.25) is 0 Å². The molecule has 0 saturated carbocycles. The van der Waals surface area contributed by atoms with Crippen molar-refractivity contribution in [2.24, 2.45) is 0 Å². The summed E-state index contributed by atoms with van der Waals surface area (Å²) in [6.45, 7) is 0. The number of hydrogen-bond donors (Lipinski definition) is 0. The van der Waals surface area contributed by atoms with Gasteiger partial charge in [0.05, 0.1) is 14.2 Å². The molecule has 4 heteroatoms.